The summed E-state index contributed by atoms with van der Waals surface area (Å²) < 4.78 is 15.3. The molecule has 0 aliphatic carbocycles. The van der Waals surface area contributed by atoms with Gasteiger partial charge in [-0.25, -0.2) is 20.3 Å². The number of benzene rings is 7. The first kappa shape index (κ1) is 76.4. The number of methoxy groups -OCH3 is 2. The molecule has 0 atom stereocenters. The van der Waals surface area contributed by atoms with Crippen LogP contribution in [-0.2, 0) is 19.1 Å². The minimum Gasteiger partial charge on any atom is -0.398 e. The number of Topliss-reactive ketones (excluding diaryl/α,β-unsaturated/α-hetero) is 3. The number of nitrogens with zero attached hydrogens (tertiary/aromatic N) is 5. The first-order valence-corrected chi connectivity index (χ1v) is 31.6. The van der Waals surface area contributed by atoms with Gasteiger partial charge in [0.05, 0.1) is 60.4 Å². The van der Waals surface area contributed by atoms with Crippen LogP contribution in [0.15, 0.2) is 170 Å². The van der Waals surface area contributed by atoms with Gasteiger partial charge in [0, 0.05) is 69.6 Å². The van der Waals surface area contributed by atoms with Gasteiger partial charge >= 0.3 is 0 Å². The molecule has 0 saturated carbocycles. The smallest absolute Gasteiger partial charge is 0.274 e. The number of anilines is 4. The van der Waals surface area contributed by atoms with Crippen molar-refractivity contribution in [3.8, 4) is 17.4 Å². The molecule has 7 aromatic carbocycles. The molecule has 2 amide bonds. The van der Waals surface area contributed by atoms with Crippen molar-refractivity contribution in [3.05, 3.63) is 253 Å². The number of halogens is 3. The zero-order valence-corrected chi connectivity index (χ0v) is 59.6. The summed E-state index contributed by atoms with van der Waals surface area (Å²) in [6, 6.07) is 44.4. The molecule has 11 N–H and O–H groups in total. The molecule has 0 bridgehead atoms. The molecule has 0 aliphatic heterocycles. The van der Waals surface area contributed by atoms with E-state index in [1.54, 1.807) is 110 Å². The summed E-state index contributed by atoms with van der Waals surface area (Å²) in [5.41, 5.74) is 35.9. The van der Waals surface area contributed by atoms with Gasteiger partial charge in [-0.15, -0.1) is 0 Å². The van der Waals surface area contributed by atoms with Crippen LogP contribution in [0.3, 0.4) is 0 Å². The van der Waals surface area contributed by atoms with Gasteiger partial charge in [-0.3, -0.25) is 49.1 Å². The molecule has 492 valence electrons. The Morgan fingerprint density at radius 1 is 0.516 bits per heavy atom. The van der Waals surface area contributed by atoms with Crippen molar-refractivity contribution in [2.75, 3.05) is 64.3 Å². The van der Waals surface area contributed by atoms with Crippen LogP contribution in [-0.4, -0.2) is 102 Å². The highest BCUT2D eigenvalue weighted by atomic mass is 127. The Labute approximate surface area is 590 Å². The summed E-state index contributed by atoms with van der Waals surface area (Å²) in [6.07, 6.45) is 4.42. The standard InChI is InChI=1S/2C19H17IN4O3.C11H8INO.C10H14N2O2.C10H13NO2/c2*1-11-6-7-13(19(26)23-27-2)9-16(11)24-18(21)15(10-22-24)17(25)12-4-3-5-14(20)8-12;1-2-8(7-13)11(14)9-4-3-5-10(12)6-9;1-7-3-4-8(5-9(7)12-11)10(13)6-14-2;1-7-3-4-8(5-9(7)11)10(12)6-13-2/h2*3-10H,21H2,1-2H3,(H,23,26);2-6H,1H3;3-5,12H,6,11H2,1-2H3;3-5H,6,11H2,1-2H3/b;;8-2-;;. The van der Waals surface area contributed by atoms with Gasteiger partial charge in [0.2, 0.25) is 5.78 Å². The van der Waals surface area contributed by atoms with Crippen LogP contribution >= 0.6 is 67.8 Å². The van der Waals surface area contributed by atoms with Crippen molar-refractivity contribution in [2.45, 2.75) is 34.6 Å². The average Bonchev–Trinajstić information content (AvgIpc) is 1.68. The monoisotopic (exact) mass is 1620 g/mol. The Bertz CT molecular complexity index is 4180. The first-order chi connectivity index (χ1) is 45.4. The lowest BCUT2D eigenvalue weighted by molar-refractivity contribution is 0.0533. The van der Waals surface area contributed by atoms with Gasteiger partial charge in [0.1, 0.15) is 30.9 Å². The van der Waals surface area contributed by atoms with Gasteiger partial charge in [-0.1, -0.05) is 78.9 Å². The number of amides is 2. The number of rotatable bonds is 19. The fourth-order valence-corrected chi connectivity index (χ4v) is 10.1. The molecule has 9 aromatic rings. The number of aryl methyl sites for hydroxylation is 4. The Balaban J connectivity index is 0.000000224. The molecule has 0 aliphatic rings. The van der Waals surface area contributed by atoms with Crippen molar-refractivity contribution in [1.29, 1.82) is 5.26 Å². The highest BCUT2D eigenvalue weighted by molar-refractivity contribution is 14.1. The Hall–Kier alpha value is -9.33. The number of hydroxylamine groups is 2. The summed E-state index contributed by atoms with van der Waals surface area (Å²) in [4.78, 5) is 93.3. The molecule has 23 nitrogen and oxygen atoms in total. The van der Waals surface area contributed by atoms with Gasteiger partial charge in [0.25, 0.3) is 11.8 Å². The van der Waals surface area contributed by atoms with E-state index in [-0.39, 0.29) is 71.2 Å². The number of carbonyl (C=O) groups excluding carboxylic acids is 7. The molecule has 26 heteroatoms. The Kier molecular flexibility index (Phi) is 30.2. The lowest BCUT2D eigenvalue weighted by atomic mass is 10.0. The molecule has 0 unspecified atom stereocenters. The summed E-state index contributed by atoms with van der Waals surface area (Å²) in [7, 11) is 5.71. The number of ether oxygens (including phenoxy) is 2. The van der Waals surface area contributed by atoms with Crippen molar-refractivity contribution < 1.29 is 52.7 Å². The maximum atomic E-state index is 12.8. The van der Waals surface area contributed by atoms with Crippen LogP contribution in [0.2, 0.25) is 0 Å². The molecule has 0 fully saturated rings. The van der Waals surface area contributed by atoms with Crippen LogP contribution in [0.1, 0.15) is 113 Å². The van der Waals surface area contributed by atoms with Crippen LogP contribution in [0.25, 0.3) is 11.4 Å². The van der Waals surface area contributed by atoms with Crippen molar-refractivity contribution in [3.63, 3.8) is 0 Å². The maximum absolute atomic E-state index is 12.8. The number of hydrazine groups is 1. The minimum atomic E-state index is -0.389. The number of hydrogen-bond acceptors (Lipinski definition) is 19. The SMILES string of the molecule is C/C=C(/C#N)C(=O)c1cccc(I)c1.COCC(=O)c1ccc(C)c(N)c1.COCC(=O)c1ccc(C)c(NN)c1.CONC(=O)c1ccc(C)c(-n2ncc(C(=O)c3cccc(I)c3)c2N)c1.CONC(=O)c1ccc(C)c(-n2ncc(C(=O)c3cccc(I)c3)c2N)c1. The predicted molar refractivity (Wildman–Crippen MR) is 389 cm³/mol. The molecule has 0 radical (unpaired) electrons. The number of hydrogen-bond donors (Lipinski definition) is 7. The van der Waals surface area contributed by atoms with Crippen LogP contribution in [0.5, 0.6) is 0 Å². The van der Waals surface area contributed by atoms with E-state index in [1.165, 1.54) is 56.3 Å². The van der Waals surface area contributed by atoms with E-state index >= 15 is 0 Å². The largest absolute Gasteiger partial charge is 0.398 e. The highest BCUT2D eigenvalue weighted by Crippen LogP contribution is 2.27. The van der Waals surface area contributed by atoms with Gasteiger partial charge in [-0.05, 0) is 197 Å². The minimum absolute atomic E-state index is 0.0470. The summed E-state index contributed by atoms with van der Waals surface area (Å²) >= 11 is 6.43. The lowest BCUT2D eigenvalue weighted by Gasteiger charge is -2.11. The number of ketones is 5. The van der Waals surface area contributed by atoms with Gasteiger partial charge in [0.15, 0.2) is 23.1 Å². The summed E-state index contributed by atoms with van der Waals surface area (Å²) in [5.74, 6) is 4.23. The number of nitrogens with one attached hydrogen (secondary N) is 3. The zero-order chi connectivity index (χ0) is 70.1. The third-order valence-corrected chi connectivity index (χ3v) is 15.7. The van der Waals surface area contributed by atoms with Gasteiger partial charge in [-0.2, -0.15) is 15.5 Å². The van der Waals surface area contributed by atoms with E-state index in [2.05, 4.69) is 104 Å². The number of allylic oxidation sites excluding steroid dienone is 2. The van der Waals surface area contributed by atoms with Gasteiger partial charge < -0.3 is 32.1 Å². The van der Waals surface area contributed by atoms with Crippen molar-refractivity contribution >= 4 is 132 Å². The first-order valence-electron chi connectivity index (χ1n) is 28.4. The fraction of sp³-hybridized carbons (Fsp3) is 0.159. The molecular weight excluding hydrogens is 1550 g/mol. The molecule has 0 spiro atoms. The maximum Gasteiger partial charge on any atom is 0.274 e. The van der Waals surface area contributed by atoms with Crippen molar-refractivity contribution in [2.24, 2.45) is 5.84 Å². The van der Waals surface area contributed by atoms with Crippen LogP contribution in [0, 0.1) is 49.7 Å². The molecule has 9 rings (SSSR count). The van der Waals surface area contributed by atoms with E-state index < -0.39 is 0 Å². The zero-order valence-electron chi connectivity index (χ0n) is 53.2. The normalized spacial score (nSPS) is 10.5. The second-order valence-corrected chi connectivity index (χ2v) is 24.0. The topological polar surface area (TPSA) is 356 Å². The number of nitriles is 1. The van der Waals surface area contributed by atoms with Crippen LogP contribution in [0.4, 0.5) is 23.0 Å². The summed E-state index contributed by atoms with van der Waals surface area (Å²) in [6.45, 7) is 9.44. The van der Waals surface area contributed by atoms with E-state index in [4.69, 9.17) is 37.8 Å². The molecule has 2 aromatic heterocycles. The predicted octanol–water partition coefficient (Wildman–Crippen LogP) is 11.2. The second-order valence-electron chi connectivity index (χ2n) is 20.3. The molecule has 2 heterocycles. The summed E-state index contributed by atoms with van der Waals surface area (Å²) in [5, 5.41) is 17.2. The lowest BCUT2D eigenvalue weighted by Crippen LogP contribution is -2.22. The Morgan fingerprint density at radius 3 is 1.28 bits per heavy atom. The Morgan fingerprint density at radius 2 is 0.905 bits per heavy atom. The number of nitrogen functional groups attached to an aromatic ring is 4. The third kappa shape index (κ3) is 21.3. The number of nitrogens with two attached hydrogens (primary N) is 4. The highest BCUT2D eigenvalue weighted by Gasteiger charge is 2.22. The van der Waals surface area contributed by atoms with E-state index in [0.717, 1.165) is 38.7 Å². The molecular formula is C69H69I3N12O11. The van der Waals surface area contributed by atoms with E-state index in [1.807, 2.05) is 76.2 Å². The van der Waals surface area contributed by atoms with Crippen molar-refractivity contribution in [1.82, 2.24) is 30.5 Å². The molecule has 0 saturated heterocycles. The van der Waals surface area contributed by atoms with E-state index in [9.17, 15) is 33.6 Å². The third-order valence-electron chi connectivity index (χ3n) is 13.7. The van der Waals surface area contributed by atoms with Crippen LogP contribution < -0.4 is 39.4 Å². The second kappa shape index (κ2) is 37.5. The quantitative estimate of drug-likeness (QED) is 0.00752. The fourth-order valence-electron chi connectivity index (χ4n) is 8.51. The van der Waals surface area contributed by atoms with E-state index in [0.29, 0.717) is 67.1 Å². The number of aromatic nitrogens is 4. The molecule has 95 heavy (non-hydrogen) atoms. The average molecular weight is 1620 g/mol. The number of carbonyl (C=O) groups is 7.